The number of rotatable bonds is 6. The number of hydrogen-bond acceptors (Lipinski definition) is 4. The standard InChI is InChI=1S/C52H36N4OSi/c1-4-16-39(17-5-1)58(40-18-6-2-7-19-40,41-20-8-3-9-21-41)42-28-29-43-45-35-38(56-49-24-12-11-23-48(49)53-32-14-15-33-54(53)56)26-30-47(45)55(50(43)36-42)37-27-31-52-46(34-37)44-22-10-13-25-51(44)57-52/h1-36H. The molecule has 0 aliphatic carbocycles. The largest absolute Gasteiger partial charge is 0.456 e. The summed E-state index contributed by atoms with van der Waals surface area (Å²) >= 11 is 0. The lowest BCUT2D eigenvalue weighted by Crippen LogP contribution is -2.74. The number of fused-ring (bicyclic) bond motifs is 9. The Morgan fingerprint density at radius 3 is 1.72 bits per heavy atom. The molecule has 0 amide bonds. The van der Waals surface area contributed by atoms with Crippen LogP contribution in [0.1, 0.15) is 0 Å². The first-order valence-corrected chi connectivity index (χ1v) is 21.8. The molecule has 5 nitrogen and oxygen atoms in total. The maximum atomic E-state index is 6.33. The van der Waals surface area contributed by atoms with Gasteiger partial charge in [-0.2, -0.15) is 5.12 Å². The number of para-hydroxylation sites is 3. The Kier molecular flexibility index (Phi) is 7.18. The van der Waals surface area contributed by atoms with Crippen LogP contribution in [0.25, 0.3) is 49.4 Å². The van der Waals surface area contributed by atoms with E-state index in [9.17, 15) is 0 Å². The van der Waals surface area contributed by atoms with Crippen LogP contribution in [0.4, 0.5) is 17.1 Å². The second kappa shape index (κ2) is 12.7. The van der Waals surface area contributed by atoms with Crippen molar-refractivity contribution in [1.29, 1.82) is 0 Å². The molecule has 8 aromatic carbocycles. The Hall–Kier alpha value is -7.54. The van der Waals surface area contributed by atoms with Crippen LogP contribution < -0.4 is 30.8 Å². The second-order valence-electron chi connectivity index (χ2n) is 15.0. The average Bonchev–Trinajstić information content (AvgIpc) is 3.95. The molecule has 58 heavy (non-hydrogen) atoms. The molecule has 0 bridgehead atoms. The molecule has 0 atom stereocenters. The van der Waals surface area contributed by atoms with Crippen molar-refractivity contribution >= 4 is 89.6 Å². The maximum absolute atomic E-state index is 6.33. The fourth-order valence-electron chi connectivity index (χ4n) is 9.53. The van der Waals surface area contributed by atoms with E-state index >= 15 is 0 Å². The highest BCUT2D eigenvalue weighted by Gasteiger charge is 2.42. The summed E-state index contributed by atoms with van der Waals surface area (Å²) in [6.07, 6.45) is 8.39. The van der Waals surface area contributed by atoms with Crippen molar-refractivity contribution in [2.75, 3.05) is 10.0 Å². The van der Waals surface area contributed by atoms with Gasteiger partial charge in [-0.05, 0) is 93.6 Å². The molecule has 274 valence electrons. The highest BCUT2D eigenvalue weighted by Crippen LogP contribution is 2.46. The van der Waals surface area contributed by atoms with Crippen molar-refractivity contribution in [3.63, 3.8) is 0 Å². The molecule has 12 rings (SSSR count). The number of anilines is 3. The third-order valence-electron chi connectivity index (χ3n) is 12.0. The maximum Gasteiger partial charge on any atom is 0.179 e. The van der Waals surface area contributed by atoms with Crippen LogP contribution >= 0.6 is 0 Å². The van der Waals surface area contributed by atoms with Crippen molar-refractivity contribution < 1.29 is 4.42 Å². The summed E-state index contributed by atoms with van der Waals surface area (Å²) in [4.78, 5) is 0. The Morgan fingerprint density at radius 1 is 0.379 bits per heavy atom. The van der Waals surface area contributed by atoms with E-state index in [1.54, 1.807) is 0 Å². The van der Waals surface area contributed by atoms with Crippen LogP contribution in [0.2, 0.25) is 0 Å². The van der Waals surface area contributed by atoms with Crippen LogP contribution in [0, 0.1) is 0 Å². The second-order valence-corrected chi connectivity index (χ2v) is 18.9. The number of benzene rings is 8. The summed E-state index contributed by atoms with van der Waals surface area (Å²) in [6, 6.07) is 71.3. The third-order valence-corrected chi connectivity index (χ3v) is 16.8. The highest BCUT2D eigenvalue weighted by molar-refractivity contribution is 7.20. The summed E-state index contributed by atoms with van der Waals surface area (Å²) in [5.74, 6) is 0. The molecule has 0 spiro atoms. The molecular formula is C52H36N4OSi. The van der Waals surface area contributed by atoms with Crippen LogP contribution in [0.15, 0.2) is 223 Å². The van der Waals surface area contributed by atoms with E-state index in [0.29, 0.717) is 0 Å². The van der Waals surface area contributed by atoms with E-state index in [1.807, 2.05) is 6.07 Å². The van der Waals surface area contributed by atoms with Gasteiger partial charge in [0.15, 0.2) is 8.07 Å². The quantitative estimate of drug-likeness (QED) is 0.125. The predicted octanol–water partition coefficient (Wildman–Crippen LogP) is 10.2. The van der Waals surface area contributed by atoms with Crippen molar-refractivity contribution in [2.24, 2.45) is 0 Å². The van der Waals surface area contributed by atoms with E-state index < -0.39 is 8.07 Å². The van der Waals surface area contributed by atoms with E-state index in [2.05, 4.69) is 232 Å². The minimum absolute atomic E-state index is 0.887. The minimum Gasteiger partial charge on any atom is -0.456 e. The van der Waals surface area contributed by atoms with Gasteiger partial charge in [-0.15, -0.1) is 0 Å². The van der Waals surface area contributed by atoms with Crippen molar-refractivity contribution in [3.8, 4) is 5.69 Å². The van der Waals surface area contributed by atoms with Gasteiger partial charge < -0.3 is 8.98 Å². The molecule has 4 heterocycles. The van der Waals surface area contributed by atoms with E-state index in [1.165, 1.54) is 37.0 Å². The van der Waals surface area contributed by atoms with Gasteiger partial charge in [0.05, 0.1) is 28.1 Å². The molecule has 0 unspecified atom stereocenters. The lowest BCUT2D eigenvalue weighted by molar-refractivity contribution is 0.408. The molecular weight excluding hydrogens is 725 g/mol. The Labute approximate surface area is 336 Å². The summed E-state index contributed by atoms with van der Waals surface area (Å²) in [7, 11) is -2.81. The number of furan rings is 1. The molecule has 6 heteroatoms. The Balaban J connectivity index is 1.16. The first-order valence-electron chi connectivity index (χ1n) is 19.8. The van der Waals surface area contributed by atoms with Gasteiger partial charge >= 0.3 is 0 Å². The van der Waals surface area contributed by atoms with Gasteiger partial charge in [0, 0.05) is 39.6 Å². The number of allylic oxidation sites excluding steroid dienone is 2. The summed E-state index contributed by atoms with van der Waals surface area (Å²) in [5.41, 5.74) is 8.55. The molecule has 10 aromatic rings. The monoisotopic (exact) mass is 760 g/mol. The fraction of sp³-hybridized carbons (Fsp3) is 0. The van der Waals surface area contributed by atoms with Crippen molar-refractivity contribution in [2.45, 2.75) is 0 Å². The molecule has 2 aliphatic rings. The van der Waals surface area contributed by atoms with Gasteiger partial charge in [-0.1, -0.05) is 133 Å². The molecule has 2 aromatic heterocycles. The van der Waals surface area contributed by atoms with Gasteiger partial charge in [-0.25, -0.2) is 10.0 Å². The topological polar surface area (TPSA) is 27.8 Å². The van der Waals surface area contributed by atoms with E-state index in [-0.39, 0.29) is 0 Å². The smallest absolute Gasteiger partial charge is 0.179 e. The lowest BCUT2D eigenvalue weighted by atomic mass is 10.1. The van der Waals surface area contributed by atoms with Crippen LogP contribution in [0.5, 0.6) is 0 Å². The molecule has 0 saturated heterocycles. The third kappa shape index (κ3) is 4.70. The number of hydrazine groups is 2. The SMILES string of the molecule is C1=CN2c3ccccc3N(c3ccc4c(c3)c3ccc([Si](c5ccccc5)(c5ccccc5)c5ccccc5)cc3n4-c3ccc4oc5ccccc5c4c3)N2C=C1. The van der Waals surface area contributed by atoms with Gasteiger partial charge in [0.2, 0.25) is 0 Å². The zero-order chi connectivity index (χ0) is 38.2. The zero-order valence-corrected chi connectivity index (χ0v) is 32.5. The summed E-state index contributed by atoms with van der Waals surface area (Å²) in [6.45, 7) is 0. The Morgan fingerprint density at radius 2 is 0.983 bits per heavy atom. The Bertz CT molecular complexity index is 3160. The summed E-state index contributed by atoms with van der Waals surface area (Å²) < 4.78 is 8.79. The van der Waals surface area contributed by atoms with Crippen LogP contribution in [-0.2, 0) is 0 Å². The molecule has 0 fully saturated rings. The normalized spacial score (nSPS) is 13.6. The predicted molar refractivity (Wildman–Crippen MR) is 243 cm³/mol. The van der Waals surface area contributed by atoms with Crippen molar-refractivity contribution in [1.82, 2.24) is 9.69 Å². The molecule has 2 aliphatic heterocycles. The molecule has 0 saturated carbocycles. The lowest BCUT2D eigenvalue weighted by Gasteiger charge is -2.34. The van der Waals surface area contributed by atoms with Crippen LogP contribution in [0.3, 0.4) is 0 Å². The van der Waals surface area contributed by atoms with Crippen LogP contribution in [-0.4, -0.2) is 17.8 Å². The minimum atomic E-state index is -2.81. The van der Waals surface area contributed by atoms with Crippen molar-refractivity contribution in [3.05, 3.63) is 219 Å². The number of nitrogens with zero attached hydrogens (tertiary/aromatic N) is 4. The highest BCUT2D eigenvalue weighted by atomic mass is 28.3. The van der Waals surface area contributed by atoms with Gasteiger partial charge in [-0.3, -0.25) is 0 Å². The van der Waals surface area contributed by atoms with E-state index in [4.69, 9.17) is 4.42 Å². The first kappa shape index (κ1) is 32.7. The van der Waals surface area contributed by atoms with Gasteiger partial charge in [0.25, 0.3) is 0 Å². The average molecular weight is 761 g/mol. The van der Waals surface area contributed by atoms with E-state index in [0.717, 1.165) is 50.2 Å². The zero-order valence-electron chi connectivity index (χ0n) is 31.5. The molecule has 0 N–H and O–H groups in total. The number of hydrogen-bond donors (Lipinski definition) is 0. The fourth-order valence-corrected chi connectivity index (χ4v) is 14.3. The number of aromatic nitrogens is 1. The first-order chi connectivity index (χ1) is 28.8. The molecule has 0 radical (unpaired) electrons. The summed E-state index contributed by atoms with van der Waals surface area (Å²) in [5, 5.41) is 16.7. The van der Waals surface area contributed by atoms with Gasteiger partial charge in [0.1, 0.15) is 11.2 Å².